The third-order valence-corrected chi connectivity index (χ3v) is 4.69. The first-order valence-corrected chi connectivity index (χ1v) is 10.1. The molecular weight excluding hydrogens is 382 g/mol. The van der Waals surface area contributed by atoms with Crippen LogP contribution in [0.4, 0.5) is 0 Å². The Hall–Kier alpha value is -1.28. The number of benzene rings is 1. The Bertz CT molecular complexity index is 647. The van der Waals surface area contributed by atoms with Gasteiger partial charge in [-0.1, -0.05) is 15.9 Å². The summed E-state index contributed by atoms with van der Waals surface area (Å²) in [5, 5.41) is 6.39. The third kappa shape index (κ3) is 7.69. The molecule has 130 valence electrons. The van der Waals surface area contributed by atoms with Crippen LogP contribution in [0.25, 0.3) is 0 Å². The van der Waals surface area contributed by atoms with E-state index >= 15 is 0 Å². The van der Waals surface area contributed by atoms with Gasteiger partial charge in [-0.05, 0) is 31.5 Å². The molecule has 0 radical (unpaired) electrons. The largest absolute Gasteiger partial charge is 0.496 e. The SMILES string of the molecule is CN=C(NCc1cc(Br)ccc1OC)NC(C)CCS(C)(=O)=O. The van der Waals surface area contributed by atoms with E-state index in [1.807, 2.05) is 25.1 Å². The van der Waals surface area contributed by atoms with Crippen LogP contribution in [-0.4, -0.2) is 46.6 Å². The zero-order valence-electron chi connectivity index (χ0n) is 13.9. The first-order valence-electron chi connectivity index (χ1n) is 7.22. The summed E-state index contributed by atoms with van der Waals surface area (Å²) in [6, 6.07) is 5.79. The molecule has 2 N–H and O–H groups in total. The number of methoxy groups -OCH3 is 1. The number of aliphatic imine (C=N–C) groups is 1. The molecule has 0 spiro atoms. The summed E-state index contributed by atoms with van der Waals surface area (Å²) in [4.78, 5) is 4.16. The highest BCUT2D eigenvalue weighted by Gasteiger charge is 2.10. The second-order valence-corrected chi connectivity index (χ2v) is 8.52. The average molecular weight is 406 g/mol. The first-order chi connectivity index (χ1) is 10.7. The summed E-state index contributed by atoms with van der Waals surface area (Å²) >= 11 is 3.44. The first kappa shape index (κ1) is 19.8. The lowest BCUT2D eigenvalue weighted by molar-refractivity contribution is 0.409. The molecule has 1 atom stereocenters. The van der Waals surface area contributed by atoms with Crippen molar-refractivity contribution >= 4 is 31.7 Å². The highest BCUT2D eigenvalue weighted by Crippen LogP contribution is 2.22. The quantitative estimate of drug-likeness (QED) is 0.535. The van der Waals surface area contributed by atoms with E-state index in [2.05, 4.69) is 31.6 Å². The van der Waals surface area contributed by atoms with E-state index < -0.39 is 9.84 Å². The van der Waals surface area contributed by atoms with Gasteiger partial charge in [0.05, 0.1) is 12.9 Å². The number of sulfone groups is 1. The van der Waals surface area contributed by atoms with Crippen molar-refractivity contribution < 1.29 is 13.2 Å². The number of nitrogens with one attached hydrogen (secondary N) is 2. The molecular formula is C15H24BrN3O3S. The van der Waals surface area contributed by atoms with Crippen LogP contribution in [0.5, 0.6) is 5.75 Å². The maximum absolute atomic E-state index is 11.2. The van der Waals surface area contributed by atoms with Crippen LogP contribution >= 0.6 is 15.9 Å². The molecule has 0 bridgehead atoms. The van der Waals surface area contributed by atoms with E-state index in [1.54, 1.807) is 14.2 Å². The van der Waals surface area contributed by atoms with Crippen molar-refractivity contribution in [3.05, 3.63) is 28.2 Å². The molecule has 0 aromatic heterocycles. The Morgan fingerprint density at radius 1 is 1.43 bits per heavy atom. The molecule has 0 aliphatic heterocycles. The fraction of sp³-hybridized carbons (Fsp3) is 0.533. The molecule has 6 nitrogen and oxygen atoms in total. The Kier molecular flexibility index (Phi) is 7.84. The fourth-order valence-corrected chi connectivity index (χ4v) is 3.15. The van der Waals surface area contributed by atoms with Gasteiger partial charge >= 0.3 is 0 Å². The molecule has 0 aliphatic carbocycles. The minimum atomic E-state index is -2.95. The van der Waals surface area contributed by atoms with Crippen LogP contribution in [0.3, 0.4) is 0 Å². The van der Waals surface area contributed by atoms with Crippen molar-refractivity contribution in [3.8, 4) is 5.75 Å². The zero-order valence-corrected chi connectivity index (χ0v) is 16.3. The molecule has 0 saturated carbocycles. The average Bonchev–Trinajstić information content (AvgIpc) is 2.48. The van der Waals surface area contributed by atoms with Gasteiger partial charge in [0.25, 0.3) is 0 Å². The van der Waals surface area contributed by atoms with Crippen molar-refractivity contribution in [2.24, 2.45) is 4.99 Å². The third-order valence-electron chi connectivity index (χ3n) is 3.22. The number of hydrogen-bond donors (Lipinski definition) is 2. The lowest BCUT2D eigenvalue weighted by Crippen LogP contribution is -2.42. The lowest BCUT2D eigenvalue weighted by atomic mass is 10.2. The molecule has 0 saturated heterocycles. The van der Waals surface area contributed by atoms with E-state index in [1.165, 1.54) is 6.26 Å². The van der Waals surface area contributed by atoms with E-state index in [4.69, 9.17) is 4.74 Å². The van der Waals surface area contributed by atoms with Crippen molar-refractivity contribution in [1.82, 2.24) is 10.6 Å². The predicted molar refractivity (Wildman–Crippen MR) is 97.8 cm³/mol. The number of guanidine groups is 1. The minimum Gasteiger partial charge on any atom is -0.496 e. The Morgan fingerprint density at radius 3 is 2.70 bits per heavy atom. The van der Waals surface area contributed by atoms with E-state index in [0.29, 0.717) is 18.9 Å². The molecule has 8 heteroatoms. The van der Waals surface area contributed by atoms with Gasteiger partial charge in [0.1, 0.15) is 15.6 Å². The van der Waals surface area contributed by atoms with E-state index in [0.717, 1.165) is 15.8 Å². The standard InChI is InChI=1S/C15H24BrN3O3S/c1-11(7-8-23(4,20)21)19-15(17-2)18-10-12-9-13(16)5-6-14(12)22-3/h5-6,9,11H,7-8,10H2,1-4H3,(H2,17,18,19). The van der Waals surface area contributed by atoms with Gasteiger partial charge in [-0.2, -0.15) is 0 Å². The molecule has 1 aromatic rings. The van der Waals surface area contributed by atoms with Crippen LogP contribution in [0.2, 0.25) is 0 Å². The summed E-state index contributed by atoms with van der Waals surface area (Å²) in [5.41, 5.74) is 0.994. The molecule has 0 fully saturated rings. The molecule has 1 rings (SSSR count). The second-order valence-electron chi connectivity index (χ2n) is 5.35. The van der Waals surface area contributed by atoms with Crippen LogP contribution in [0, 0.1) is 0 Å². The number of nitrogens with zero attached hydrogens (tertiary/aromatic N) is 1. The van der Waals surface area contributed by atoms with Crippen LogP contribution in [0.15, 0.2) is 27.7 Å². The fourth-order valence-electron chi connectivity index (χ4n) is 1.96. The molecule has 1 aromatic carbocycles. The number of rotatable bonds is 7. The number of hydrogen-bond acceptors (Lipinski definition) is 4. The molecule has 0 heterocycles. The maximum atomic E-state index is 11.2. The summed E-state index contributed by atoms with van der Waals surface area (Å²) in [5.74, 6) is 1.56. The van der Waals surface area contributed by atoms with Gasteiger partial charge in [0, 0.05) is 35.9 Å². The Labute approximate surface area is 146 Å². The minimum absolute atomic E-state index is 0.000306. The lowest BCUT2D eigenvalue weighted by Gasteiger charge is -2.18. The van der Waals surface area contributed by atoms with Gasteiger partial charge in [0.2, 0.25) is 0 Å². The smallest absolute Gasteiger partial charge is 0.191 e. The Balaban J connectivity index is 2.59. The van der Waals surface area contributed by atoms with E-state index in [9.17, 15) is 8.42 Å². The highest BCUT2D eigenvalue weighted by atomic mass is 79.9. The molecule has 1 unspecified atom stereocenters. The molecule has 0 aliphatic rings. The number of ether oxygens (including phenoxy) is 1. The van der Waals surface area contributed by atoms with E-state index in [-0.39, 0.29) is 11.8 Å². The van der Waals surface area contributed by atoms with Crippen LogP contribution in [0.1, 0.15) is 18.9 Å². The zero-order chi connectivity index (χ0) is 17.5. The predicted octanol–water partition coefficient (Wildman–Crippen LogP) is 1.95. The van der Waals surface area contributed by atoms with Gasteiger partial charge < -0.3 is 15.4 Å². The summed E-state index contributed by atoms with van der Waals surface area (Å²) in [6.45, 7) is 2.47. The Morgan fingerprint density at radius 2 is 2.13 bits per heavy atom. The molecule has 23 heavy (non-hydrogen) atoms. The summed E-state index contributed by atoms with van der Waals surface area (Å²) in [6.07, 6.45) is 1.77. The van der Waals surface area contributed by atoms with Crippen LogP contribution < -0.4 is 15.4 Å². The second kappa shape index (κ2) is 9.12. The summed E-state index contributed by atoms with van der Waals surface area (Å²) in [7, 11) is 0.357. The number of halogens is 1. The van der Waals surface area contributed by atoms with Crippen molar-refractivity contribution in [2.45, 2.75) is 25.9 Å². The summed E-state index contributed by atoms with van der Waals surface area (Å²) < 4.78 is 28.7. The van der Waals surface area contributed by atoms with Gasteiger partial charge in [-0.15, -0.1) is 0 Å². The van der Waals surface area contributed by atoms with Crippen molar-refractivity contribution in [1.29, 1.82) is 0 Å². The molecule has 0 amide bonds. The monoisotopic (exact) mass is 405 g/mol. The normalized spacial score (nSPS) is 13.5. The van der Waals surface area contributed by atoms with Crippen molar-refractivity contribution in [2.75, 3.05) is 26.2 Å². The van der Waals surface area contributed by atoms with Gasteiger partial charge in [-0.25, -0.2) is 8.42 Å². The maximum Gasteiger partial charge on any atom is 0.191 e. The van der Waals surface area contributed by atoms with Crippen molar-refractivity contribution in [3.63, 3.8) is 0 Å². The van der Waals surface area contributed by atoms with Gasteiger partial charge in [-0.3, -0.25) is 4.99 Å². The van der Waals surface area contributed by atoms with Crippen LogP contribution in [-0.2, 0) is 16.4 Å². The highest BCUT2D eigenvalue weighted by molar-refractivity contribution is 9.10. The van der Waals surface area contributed by atoms with Gasteiger partial charge in [0.15, 0.2) is 5.96 Å². The topological polar surface area (TPSA) is 79.8 Å².